The van der Waals surface area contributed by atoms with Gasteiger partial charge in [-0.15, -0.1) is 0 Å². The van der Waals surface area contributed by atoms with Gasteiger partial charge in [-0.25, -0.2) is 0 Å². The summed E-state index contributed by atoms with van der Waals surface area (Å²) in [6.45, 7) is 6.20. The second-order valence-corrected chi connectivity index (χ2v) is 4.84. The van der Waals surface area contributed by atoms with E-state index in [9.17, 15) is 18.0 Å². The topological polar surface area (TPSA) is 26.3 Å². The Morgan fingerprint density at radius 1 is 1.32 bits per heavy atom. The second-order valence-electron chi connectivity index (χ2n) is 4.84. The molecule has 0 saturated heterocycles. The third kappa shape index (κ3) is 4.58. The molecule has 0 aliphatic rings. The van der Waals surface area contributed by atoms with Gasteiger partial charge in [0.2, 0.25) is 0 Å². The molecule has 2 nitrogen and oxygen atoms in total. The number of hydrogen-bond donors (Lipinski definition) is 0. The Morgan fingerprint density at radius 3 is 2.47 bits per heavy atom. The third-order valence-electron chi connectivity index (χ3n) is 2.66. The molecule has 0 unspecified atom stereocenters. The van der Waals surface area contributed by atoms with Crippen LogP contribution in [0.3, 0.4) is 0 Å². The van der Waals surface area contributed by atoms with Gasteiger partial charge in [0.1, 0.15) is 5.75 Å². The lowest BCUT2D eigenvalue weighted by atomic mass is 10.1. The lowest BCUT2D eigenvalue weighted by Crippen LogP contribution is -2.22. The van der Waals surface area contributed by atoms with Crippen LogP contribution in [0.1, 0.15) is 36.2 Å². The minimum Gasteiger partial charge on any atom is -0.493 e. The number of benzene rings is 1. The highest BCUT2D eigenvalue weighted by atomic mass is 19.4. The van der Waals surface area contributed by atoms with Gasteiger partial charge in [-0.3, -0.25) is 4.79 Å². The summed E-state index contributed by atoms with van der Waals surface area (Å²) < 4.78 is 42.4. The van der Waals surface area contributed by atoms with E-state index in [-0.39, 0.29) is 0 Å². The molecule has 0 amide bonds. The Labute approximate surface area is 110 Å². The molecule has 0 aliphatic heterocycles. The number of carbonyl (C=O) groups is 1. The normalized spacial score (nSPS) is 11.7. The van der Waals surface area contributed by atoms with Crippen molar-refractivity contribution >= 4 is 5.78 Å². The highest BCUT2D eigenvalue weighted by Gasteiger charge is 2.39. The lowest BCUT2D eigenvalue weighted by Gasteiger charge is -2.12. The summed E-state index contributed by atoms with van der Waals surface area (Å²) in [5.74, 6) is -1.07. The van der Waals surface area contributed by atoms with E-state index in [0.29, 0.717) is 23.8 Å². The molecule has 0 N–H and O–H groups in total. The maximum atomic E-state index is 12.3. The fraction of sp³-hybridized carbons (Fsp3) is 0.500. The lowest BCUT2D eigenvalue weighted by molar-refractivity contribution is -0.0885. The SMILES string of the molecule is Cc1ccc(C(=O)C(F)(F)F)cc1OCCC(C)C. The summed E-state index contributed by atoms with van der Waals surface area (Å²) in [5.41, 5.74) is 0.320. The molecule has 1 aromatic rings. The smallest absolute Gasteiger partial charge is 0.454 e. The quantitative estimate of drug-likeness (QED) is 0.753. The van der Waals surface area contributed by atoms with Crippen molar-refractivity contribution in [2.45, 2.75) is 33.4 Å². The zero-order valence-electron chi connectivity index (χ0n) is 11.2. The van der Waals surface area contributed by atoms with Gasteiger partial charge in [-0.05, 0) is 30.9 Å². The Kier molecular flexibility index (Phi) is 4.97. The van der Waals surface area contributed by atoms with E-state index in [1.54, 1.807) is 6.92 Å². The fourth-order valence-electron chi connectivity index (χ4n) is 1.47. The fourth-order valence-corrected chi connectivity index (χ4v) is 1.47. The molecule has 1 aromatic carbocycles. The zero-order chi connectivity index (χ0) is 14.6. The molecular formula is C14H17F3O2. The summed E-state index contributed by atoms with van der Waals surface area (Å²) in [5, 5.41) is 0. The minimum atomic E-state index is -4.86. The molecule has 0 aromatic heterocycles. The first-order valence-corrected chi connectivity index (χ1v) is 6.06. The van der Waals surface area contributed by atoms with E-state index in [1.165, 1.54) is 12.1 Å². The van der Waals surface area contributed by atoms with Gasteiger partial charge in [-0.2, -0.15) is 13.2 Å². The highest BCUT2D eigenvalue weighted by molar-refractivity contribution is 6.00. The average molecular weight is 274 g/mol. The van der Waals surface area contributed by atoms with Crippen molar-refractivity contribution in [3.05, 3.63) is 29.3 Å². The van der Waals surface area contributed by atoms with Gasteiger partial charge in [0.15, 0.2) is 0 Å². The number of carbonyl (C=O) groups excluding carboxylic acids is 1. The summed E-state index contributed by atoms with van der Waals surface area (Å²) >= 11 is 0. The van der Waals surface area contributed by atoms with Crippen LogP contribution in [0, 0.1) is 12.8 Å². The Hall–Kier alpha value is -1.52. The Bertz CT molecular complexity index is 450. The molecule has 0 aliphatic carbocycles. The molecule has 0 spiro atoms. The average Bonchev–Trinajstić information content (AvgIpc) is 2.29. The number of rotatable bonds is 5. The molecule has 19 heavy (non-hydrogen) atoms. The van der Waals surface area contributed by atoms with Crippen molar-refractivity contribution in [3.8, 4) is 5.75 Å². The minimum absolute atomic E-state index is 0.329. The van der Waals surface area contributed by atoms with Crippen molar-refractivity contribution in [1.29, 1.82) is 0 Å². The van der Waals surface area contributed by atoms with Crippen LogP contribution < -0.4 is 4.74 Å². The van der Waals surface area contributed by atoms with Gasteiger partial charge in [0, 0.05) is 5.56 Å². The van der Waals surface area contributed by atoms with Crippen LogP contribution in [-0.2, 0) is 0 Å². The summed E-state index contributed by atoms with van der Waals surface area (Å²) in [6, 6.07) is 3.79. The summed E-state index contributed by atoms with van der Waals surface area (Å²) in [7, 11) is 0. The van der Waals surface area contributed by atoms with Crippen LogP contribution >= 0.6 is 0 Å². The molecule has 0 heterocycles. The molecular weight excluding hydrogens is 257 g/mol. The first kappa shape index (κ1) is 15.5. The van der Waals surface area contributed by atoms with E-state index >= 15 is 0 Å². The first-order valence-electron chi connectivity index (χ1n) is 6.06. The molecule has 0 radical (unpaired) electrons. The summed E-state index contributed by atoms with van der Waals surface area (Å²) in [6.07, 6.45) is -4.05. The molecule has 5 heteroatoms. The van der Waals surface area contributed by atoms with Crippen molar-refractivity contribution in [2.24, 2.45) is 5.92 Å². The van der Waals surface area contributed by atoms with Gasteiger partial charge in [0.05, 0.1) is 6.61 Å². The predicted octanol–water partition coefficient (Wildman–Crippen LogP) is 4.16. The monoisotopic (exact) mass is 274 g/mol. The van der Waals surface area contributed by atoms with Gasteiger partial charge < -0.3 is 4.74 Å². The van der Waals surface area contributed by atoms with Crippen molar-refractivity contribution < 1.29 is 22.7 Å². The van der Waals surface area contributed by atoms with Crippen LogP contribution in [0.2, 0.25) is 0 Å². The number of ketones is 1. The number of ether oxygens (including phenoxy) is 1. The molecule has 0 atom stereocenters. The largest absolute Gasteiger partial charge is 0.493 e. The van der Waals surface area contributed by atoms with Crippen LogP contribution in [0.4, 0.5) is 13.2 Å². The first-order chi connectivity index (χ1) is 8.71. The molecule has 106 valence electrons. The maximum absolute atomic E-state index is 12.3. The highest BCUT2D eigenvalue weighted by Crippen LogP contribution is 2.26. The number of alkyl halides is 3. The van der Waals surface area contributed by atoms with Crippen LogP contribution in [0.15, 0.2) is 18.2 Å². The zero-order valence-corrected chi connectivity index (χ0v) is 11.2. The third-order valence-corrected chi connectivity index (χ3v) is 2.66. The molecule has 0 saturated carbocycles. The Morgan fingerprint density at radius 2 is 1.95 bits per heavy atom. The van der Waals surface area contributed by atoms with Crippen LogP contribution in [-0.4, -0.2) is 18.6 Å². The van der Waals surface area contributed by atoms with Crippen molar-refractivity contribution in [3.63, 3.8) is 0 Å². The number of hydrogen-bond acceptors (Lipinski definition) is 2. The Balaban J connectivity index is 2.85. The van der Waals surface area contributed by atoms with E-state index < -0.39 is 17.5 Å². The number of halogens is 3. The van der Waals surface area contributed by atoms with Gasteiger partial charge >= 0.3 is 6.18 Å². The van der Waals surface area contributed by atoms with Crippen LogP contribution in [0.25, 0.3) is 0 Å². The maximum Gasteiger partial charge on any atom is 0.454 e. The van der Waals surface area contributed by atoms with Crippen LogP contribution in [0.5, 0.6) is 5.75 Å². The van der Waals surface area contributed by atoms with E-state index in [2.05, 4.69) is 0 Å². The number of Topliss-reactive ketones (excluding diaryl/α,β-unsaturated/α-hetero) is 1. The molecule has 0 bridgehead atoms. The van der Waals surface area contributed by atoms with E-state index in [0.717, 1.165) is 12.5 Å². The van der Waals surface area contributed by atoms with Crippen molar-refractivity contribution in [2.75, 3.05) is 6.61 Å². The van der Waals surface area contributed by atoms with Gasteiger partial charge in [0.25, 0.3) is 5.78 Å². The predicted molar refractivity (Wildman–Crippen MR) is 66.5 cm³/mol. The molecule has 1 rings (SSSR count). The van der Waals surface area contributed by atoms with E-state index in [4.69, 9.17) is 4.74 Å². The number of aryl methyl sites for hydroxylation is 1. The van der Waals surface area contributed by atoms with E-state index in [1.807, 2.05) is 13.8 Å². The molecule has 0 fully saturated rings. The second kappa shape index (κ2) is 6.08. The standard InChI is InChI=1S/C14H17F3O2/c1-9(2)6-7-19-12-8-11(5-4-10(12)3)13(18)14(15,16)17/h4-5,8-9H,6-7H2,1-3H3. The van der Waals surface area contributed by atoms with Crippen molar-refractivity contribution in [1.82, 2.24) is 0 Å². The summed E-state index contributed by atoms with van der Waals surface area (Å²) in [4.78, 5) is 11.1. The van der Waals surface area contributed by atoms with Gasteiger partial charge in [-0.1, -0.05) is 26.0 Å².